The molecular formula is C12H20OSi. The predicted molar refractivity (Wildman–Crippen MR) is 65.0 cm³/mol. The Labute approximate surface area is 88.4 Å². The summed E-state index contributed by atoms with van der Waals surface area (Å²) >= 11 is 0. The maximum Gasteiger partial charge on any atom is 0.121 e. The summed E-state index contributed by atoms with van der Waals surface area (Å²) < 4.78 is 0. The molecule has 1 aromatic rings. The lowest BCUT2D eigenvalue weighted by Crippen LogP contribution is -2.01. The molecule has 0 bridgehead atoms. The van der Waals surface area contributed by atoms with Gasteiger partial charge in [-0.25, -0.2) is 0 Å². The van der Waals surface area contributed by atoms with Gasteiger partial charge in [-0.3, -0.25) is 0 Å². The molecule has 0 aliphatic carbocycles. The van der Waals surface area contributed by atoms with Gasteiger partial charge in [0.1, 0.15) is 5.75 Å². The van der Waals surface area contributed by atoms with Crippen LogP contribution in [-0.4, -0.2) is 13.9 Å². The maximum absolute atomic E-state index is 9.85. The molecule has 2 heteroatoms. The molecule has 0 radical (unpaired) electrons. The average Bonchev–Trinajstić information content (AvgIpc) is 2.08. The van der Waals surface area contributed by atoms with E-state index in [4.69, 9.17) is 0 Å². The summed E-state index contributed by atoms with van der Waals surface area (Å²) in [7, 11) is -0.503. The van der Waals surface area contributed by atoms with Crippen molar-refractivity contribution in [1.29, 1.82) is 0 Å². The van der Waals surface area contributed by atoms with Crippen LogP contribution < -0.4 is 0 Å². The Hall–Kier alpha value is -0.763. The topological polar surface area (TPSA) is 20.2 Å². The molecule has 1 nitrogen and oxygen atoms in total. The van der Waals surface area contributed by atoms with E-state index in [0.717, 1.165) is 17.5 Å². The summed E-state index contributed by atoms with van der Waals surface area (Å²) in [6.07, 6.45) is 1.04. The zero-order valence-corrected chi connectivity index (χ0v) is 10.7. The van der Waals surface area contributed by atoms with Crippen molar-refractivity contribution < 1.29 is 5.11 Å². The Bertz CT molecular complexity index is 318. The Morgan fingerprint density at radius 2 is 1.86 bits per heavy atom. The van der Waals surface area contributed by atoms with Gasteiger partial charge in [0.15, 0.2) is 0 Å². The maximum atomic E-state index is 9.85. The standard InChI is InChI=1S/C12H20OSi/c1-9-7-10(2)12(13)11(8-9)5-6-14(3)4/h7-8,13-14H,5-6H2,1-4H3. The molecule has 1 rings (SSSR count). The fourth-order valence-electron chi connectivity index (χ4n) is 1.68. The summed E-state index contributed by atoms with van der Waals surface area (Å²) in [4.78, 5) is 0. The molecular weight excluding hydrogens is 188 g/mol. The first kappa shape index (κ1) is 11.3. The number of rotatable bonds is 3. The molecule has 0 spiro atoms. The molecule has 78 valence electrons. The zero-order valence-electron chi connectivity index (χ0n) is 9.59. The Balaban J connectivity index is 2.85. The molecule has 0 aliphatic heterocycles. The Morgan fingerprint density at radius 1 is 1.21 bits per heavy atom. The summed E-state index contributed by atoms with van der Waals surface area (Å²) in [6, 6.07) is 5.42. The van der Waals surface area contributed by atoms with Gasteiger partial charge >= 0.3 is 0 Å². The van der Waals surface area contributed by atoms with Crippen molar-refractivity contribution in [3.8, 4) is 5.75 Å². The van der Waals surface area contributed by atoms with Crippen molar-refractivity contribution in [1.82, 2.24) is 0 Å². The van der Waals surface area contributed by atoms with Gasteiger partial charge in [-0.05, 0) is 31.4 Å². The first-order valence-corrected chi connectivity index (χ1v) is 8.42. The first-order valence-electron chi connectivity index (χ1n) is 5.29. The highest BCUT2D eigenvalue weighted by Crippen LogP contribution is 2.25. The molecule has 14 heavy (non-hydrogen) atoms. The molecule has 0 fully saturated rings. The van der Waals surface area contributed by atoms with Crippen LogP contribution >= 0.6 is 0 Å². The smallest absolute Gasteiger partial charge is 0.121 e. The van der Waals surface area contributed by atoms with Gasteiger partial charge < -0.3 is 5.11 Å². The predicted octanol–water partition coefficient (Wildman–Crippen LogP) is 3.04. The SMILES string of the molecule is Cc1cc(C)c(O)c(CC[SiH](C)C)c1. The van der Waals surface area contributed by atoms with Crippen molar-refractivity contribution in [3.05, 3.63) is 28.8 Å². The van der Waals surface area contributed by atoms with E-state index in [1.54, 1.807) is 0 Å². The number of aromatic hydroxyl groups is 1. The highest BCUT2D eigenvalue weighted by atomic mass is 28.3. The van der Waals surface area contributed by atoms with E-state index in [1.165, 1.54) is 11.6 Å². The lowest BCUT2D eigenvalue weighted by atomic mass is 10.0. The fourth-order valence-corrected chi connectivity index (χ4v) is 2.57. The minimum Gasteiger partial charge on any atom is -0.507 e. The molecule has 0 amide bonds. The molecule has 1 aromatic carbocycles. The molecule has 0 atom stereocenters. The molecule has 0 aromatic heterocycles. The number of hydrogen-bond donors (Lipinski definition) is 1. The van der Waals surface area contributed by atoms with Crippen LogP contribution in [0.2, 0.25) is 19.1 Å². The lowest BCUT2D eigenvalue weighted by Gasteiger charge is -2.09. The zero-order chi connectivity index (χ0) is 10.7. The van der Waals surface area contributed by atoms with Gasteiger partial charge in [0.25, 0.3) is 0 Å². The van der Waals surface area contributed by atoms with Crippen LogP contribution in [0.3, 0.4) is 0 Å². The molecule has 1 N–H and O–H groups in total. The fraction of sp³-hybridized carbons (Fsp3) is 0.500. The second-order valence-corrected chi connectivity index (χ2v) is 7.89. The summed E-state index contributed by atoms with van der Waals surface area (Å²) in [5, 5.41) is 9.85. The van der Waals surface area contributed by atoms with Crippen molar-refractivity contribution in [2.75, 3.05) is 0 Å². The first-order chi connectivity index (χ1) is 6.50. The van der Waals surface area contributed by atoms with Gasteiger partial charge in [0, 0.05) is 8.80 Å². The number of phenols is 1. The molecule has 0 aliphatic rings. The van der Waals surface area contributed by atoms with E-state index in [0.29, 0.717) is 5.75 Å². The van der Waals surface area contributed by atoms with Crippen LogP contribution in [0.5, 0.6) is 5.75 Å². The van der Waals surface area contributed by atoms with Crippen LogP contribution in [0, 0.1) is 13.8 Å². The number of benzene rings is 1. The van der Waals surface area contributed by atoms with Crippen LogP contribution in [0.25, 0.3) is 0 Å². The number of phenolic OH excluding ortho intramolecular Hbond substituents is 1. The highest BCUT2D eigenvalue weighted by molar-refractivity contribution is 6.55. The van der Waals surface area contributed by atoms with E-state index < -0.39 is 8.80 Å². The minimum absolute atomic E-state index is 0.503. The monoisotopic (exact) mass is 208 g/mol. The van der Waals surface area contributed by atoms with Gasteiger partial charge in [-0.1, -0.05) is 36.8 Å². The second-order valence-electron chi connectivity index (χ2n) is 4.52. The van der Waals surface area contributed by atoms with Crippen LogP contribution in [0.15, 0.2) is 12.1 Å². The van der Waals surface area contributed by atoms with E-state index in [9.17, 15) is 5.11 Å². The van der Waals surface area contributed by atoms with Crippen LogP contribution in [0.4, 0.5) is 0 Å². The third kappa shape index (κ3) is 2.88. The molecule has 0 heterocycles. The number of hydrogen-bond acceptors (Lipinski definition) is 1. The van der Waals surface area contributed by atoms with Crippen LogP contribution in [0.1, 0.15) is 16.7 Å². The van der Waals surface area contributed by atoms with Crippen molar-refractivity contribution >= 4 is 8.80 Å². The number of aryl methyl sites for hydroxylation is 3. The Kier molecular flexibility index (Phi) is 3.75. The highest BCUT2D eigenvalue weighted by Gasteiger charge is 2.06. The van der Waals surface area contributed by atoms with Gasteiger partial charge in [0.05, 0.1) is 0 Å². The molecule has 0 unspecified atom stereocenters. The summed E-state index contributed by atoms with van der Waals surface area (Å²) in [5.41, 5.74) is 3.38. The normalized spacial score (nSPS) is 10.9. The van der Waals surface area contributed by atoms with Crippen molar-refractivity contribution in [2.24, 2.45) is 0 Å². The van der Waals surface area contributed by atoms with Gasteiger partial charge in [-0.15, -0.1) is 0 Å². The Morgan fingerprint density at radius 3 is 2.43 bits per heavy atom. The molecule has 0 saturated carbocycles. The van der Waals surface area contributed by atoms with Gasteiger partial charge in [0.2, 0.25) is 0 Å². The summed E-state index contributed by atoms with van der Waals surface area (Å²) in [5.74, 6) is 0.505. The van der Waals surface area contributed by atoms with E-state index in [-0.39, 0.29) is 0 Å². The van der Waals surface area contributed by atoms with Crippen molar-refractivity contribution in [3.63, 3.8) is 0 Å². The quantitative estimate of drug-likeness (QED) is 0.757. The average molecular weight is 208 g/mol. The second kappa shape index (κ2) is 4.65. The summed E-state index contributed by atoms with van der Waals surface area (Å²) in [6.45, 7) is 8.75. The minimum atomic E-state index is -0.503. The third-order valence-electron chi connectivity index (χ3n) is 2.51. The lowest BCUT2D eigenvalue weighted by molar-refractivity contribution is 0.464. The van der Waals surface area contributed by atoms with Gasteiger partial charge in [-0.2, -0.15) is 0 Å². The van der Waals surface area contributed by atoms with Crippen LogP contribution in [-0.2, 0) is 6.42 Å². The van der Waals surface area contributed by atoms with E-state index >= 15 is 0 Å². The van der Waals surface area contributed by atoms with Crippen molar-refractivity contribution in [2.45, 2.75) is 39.4 Å². The molecule has 0 saturated heterocycles. The van der Waals surface area contributed by atoms with E-state index in [1.807, 2.05) is 13.0 Å². The largest absolute Gasteiger partial charge is 0.507 e. The third-order valence-corrected chi connectivity index (χ3v) is 3.96. The van der Waals surface area contributed by atoms with E-state index in [2.05, 4.69) is 26.1 Å².